The lowest BCUT2D eigenvalue weighted by Gasteiger charge is -2.23. The molecule has 1 aromatic rings. The van der Waals surface area contributed by atoms with Gasteiger partial charge in [0.1, 0.15) is 10.7 Å². The summed E-state index contributed by atoms with van der Waals surface area (Å²) in [6.07, 6.45) is 0.821. The number of rotatable bonds is 3. The van der Waals surface area contributed by atoms with Crippen molar-refractivity contribution in [3.8, 4) is 0 Å². The summed E-state index contributed by atoms with van der Waals surface area (Å²) in [5.41, 5.74) is 5.44. The van der Waals surface area contributed by atoms with E-state index in [4.69, 9.17) is 5.73 Å². The van der Waals surface area contributed by atoms with Crippen LogP contribution in [-0.4, -0.2) is 34.4 Å². The lowest BCUT2D eigenvalue weighted by molar-refractivity contribution is 0.517. The van der Waals surface area contributed by atoms with Gasteiger partial charge in [-0.25, -0.2) is 25.9 Å². The maximum atomic E-state index is 13.1. The minimum atomic E-state index is -4.04. The van der Waals surface area contributed by atoms with Crippen LogP contribution in [0.15, 0.2) is 23.1 Å². The first-order valence-electron chi connectivity index (χ1n) is 5.97. The molecule has 1 aliphatic rings. The van der Waals surface area contributed by atoms with E-state index in [0.29, 0.717) is 12.8 Å². The Balaban J connectivity index is 2.25. The Morgan fingerprint density at radius 3 is 2.70 bits per heavy atom. The monoisotopic (exact) mass is 322 g/mol. The standard InChI is InChI=1S/C11H15FN2O4S2/c12-8-3-4-10(13)11(6-8)20(17,18)14-9-2-1-5-19(15,16)7-9/h3-4,6,9,14H,1-2,5,7,13H2. The lowest BCUT2D eigenvalue weighted by atomic mass is 10.2. The molecule has 0 amide bonds. The molecule has 0 radical (unpaired) electrons. The van der Waals surface area contributed by atoms with Crippen LogP contribution in [0, 0.1) is 5.82 Å². The summed E-state index contributed by atoms with van der Waals surface area (Å²) in [5.74, 6) is -0.912. The third kappa shape index (κ3) is 3.47. The zero-order valence-corrected chi connectivity index (χ0v) is 12.2. The quantitative estimate of drug-likeness (QED) is 0.777. The van der Waals surface area contributed by atoms with Crippen LogP contribution in [0.1, 0.15) is 12.8 Å². The van der Waals surface area contributed by atoms with Crippen LogP contribution >= 0.6 is 0 Å². The molecule has 1 unspecified atom stereocenters. The predicted octanol–water partition coefficient (Wildman–Crippen LogP) is 0.263. The van der Waals surface area contributed by atoms with E-state index in [1.165, 1.54) is 0 Å². The first-order valence-corrected chi connectivity index (χ1v) is 9.28. The first kappa shape index (κ1) is 15.2. The molecule has 0 bridgehead atoms. The van der Waals surface area contributed by atoms with Gasteiger partial charge in [0.2, 0.25) is 10.0 Å². The number of nitrogens with two attached hydrogens (primary N) is 1. The maximum absolute atomic E-state index is 13.1. The number of halogens is 1. The van der Waals surface area contributed by atoms with E-state index in [0.717, 1.165) is 18.2 Å². The molecule has 1 aliphatic heterocycles. The van der Waals surface area contributed by atoms with Crippen LogP contribution in [0.5, 0.6) is 0 Å². The average Bonchev–Trinajstić information content (AvgIpc) is 2.30. The second kappa shape index (κ2) is 5.30. The van der Waals surface area contributed by atoms with Gasteiger partial charge >= 0.3 is 0 Å². The summed E-state index contributed by atoms with van der Waals surface area (Å²) in [7, 11) is -7.28. The number of hydrogen-bond acceptors (Lipinski definition) is 5. The molecule has 2 rings (SSSR count). The number of sulfonamides is 1. The van der Waals surface area contributed by atoms with Gasteiger partial charge in [-0.1, -0.05) is 0 Å². The van der Waals surface area contributed by atoms with Crippen molar-refractivity contribution in [1.29, 1.82) is 0 Å². The molecule has 1 fully saturated rings. The van der Waals surface area contributed by atoms with Crippen molar-refractivity contribution in [1.82, 2.24) is 4.72 Å². The van der Waals surface area contributed by atoms with Gasteiger partial charge in [0.25, 0.3) is 0 Å². The van der Waals surface area contributed by atoms with E-state index in [1.54, 1.807) is 0 Å². The zero-order valence-electron chi connectivity index (χ0n) is 10.5. The van der Waals surface area contributed by atoms with Crippen molar-refractivity contribution >= 4 is 25.5 Å². The topological polar surface area (TPSA) is 106 Å². The van der Waals surface area contributed by atoms with E-state index >= 15 is 0 Å². The van der Waals surface area contributed by atoms with Crippen molar-refractivity contribution in [2.45, 2.75) is 23.8 Å². The summed E-state index contributed by atoms with van der Waals surface area (Å²) in [6.45, 7) is 0. The highest BCUT2D eigenvalue weighted by atomic mass is 32.2. The number of benzene rings is 1. The Morgan fingerprint density at radius 2 is 2.05 bits per heavy atom. The Hall–Kier alpha value is -1.19. The number of anilines is 1. The molecule has 0 aromatic heterocycles. The third-order valence-corrected chi connectivity index (χ3v) is 6.45. The van der Waals surface area contributed by atoms with E-state index in [2.05, 4.69) is 4.72 Å². The fraction of sp³-hybridized carbons (Fsp3) is 0.455. The van der Waals surface area contributed by atoms with Gasteiger partial charge in [-0.3, -0.25) is 0 Å². The van der Waals surface area contributed by atoms with Gasteiger partial charge in [0.05, 0.1) is 17.2 Å². The van der Waals surface area contributed by atoms with Gasteiger partial charge in [-0.15, -0.1) is 0 Å². The van der Waals surface area contributed by atoms with Crippen molar-refractivity contribution in [3.63, 3.8) is 0 Å². The molecule has 0 saturated carbocycles. The summed E-state index contributed by atoms with van der Waals surface area (Å²) in [6, 6.07) is 2.32. The molecular weight excluding hydrogens is 307 g/mol. The minimum Gasteiger partial charge on any atom is -0.398 e. The zero-order chi connectivity index (χ0) is 15.0. The van der Waals surface area contributed by atoms with Gasteiger partial charge in [-0.2, -0.15) is 0 Å². The maximum Gasteiger partial charge on any atom is 0.243 e. The first-order chi connectivity index (χ1) is 9.20. The smallest absolute Gasteiger partial charge is 0.243 e. The molecule has 9 heteroatoms. The highest BCUT2D eigenvalue weighted by Crippen LogP contribution is 2.21. The molecule has 112 valence electrons. The Kier molecular flexibility index (Phi) is 4.03. The Bertz CT molecular complexity index is 716. The average molecular weight is 322 g/mol. The minimum absolute atomic E-state index is 0.0628. The number of sulfone groups is 1. The molecule has 0 aliphatic carbocycles. The van der Waals surface area contributed by atoms with E-state index in [-0.39, 0.29) is 22.1 Å². The molecule has 1 heterocycles. The Morgan fingerprint density at radius 1 is 1.35 bits per heavy atom. The number of nitrogen functional groups attached to an aromatic ring is 1. The summed E-state index contributed by atoms with van der Waals surface area (Å²) in [5, 5.41) is 0. The highest BCUT2D eigenvalue weighted by molar-refractivity contribution is 7.91. The van der Waals surface area contributed by atoms with Gasteiger partial charge in [-0.05, 0) is 31.0 Å². The van der Waals surface area contributed by atoms with Crippen LogP contribution in [0.4, 0.5) is 10.1 Å². The second-order valence-corrected chi connectivity index (χ2v) is 8.67. The number of hydrogen-bond donors (Lipinski definition) is 2. The molecule has 1 saturated heterocycles. The molecular formula is C11H15FN2O4S2. The van der Waals surface area contributed by atoms with Crippen LogP contribution in [0.2, 0.25) is 0 Å². The van der Waals surface area contributed by atoms with Crippen LogP contribution in [0.25, 0.3) is 0 Å². The molecule has 20 heavy (non-hydrogen) atoms. The fourth-order valence-corrected chi connectivity index (χ4v) is 5.29. The Labute approximate surface area is 117 Å². The molecule has 0 spiro atoms. The van der Waals surface area contributed by atoms with Crippen LogP contribution in [0.3, 0.4) is 0 Å². The highest BCUT2D eigenvalue weighted by Gasteiger charge is 2.29. The van der Waals surface area contributed by atoms with Crippen molar-refractivity contribution in [2.75, 3.05) is 17.2 Å². The van der Waals surface area contributed by atoms with Crippen molar-refractivity contribution < 1.29 is 21.2 Å². The van der Waals surface area contributed by atoms with Gasteiger partial charge in [0.15, 0.2) is 9.84 Å². The number of nitrogens with one attached hydrogen (secondary N) is 1. The van der Waals surface area contributed by atoms with Crippen molar-refractivity contribution in [2.24, 2.45) is 0 Å². The third-order valence-electron chi connectivity index (χ3n) is 3.05. The van der Waals surface area contributed by atoms with Crippen molar-refractivity contribution in [3.05, 3.63) is 24.0 Å². The van der Waals surface area contributed by atoms with E-state index in [9.17, 15) is 21.2 Å². The van der Waals surface area contributed by atoms with Crippen LogP contribution < -0.4 is 10.5 Å². The largest absolute Gasteiger partial charge is 0.398 e. The summed E-state index contributed by atoms with van der Waals surface area (Å²) in [4.78, 5) is -0.375. The molecule has 1 aromatic carbocycles. The lowest BCUT2D eigenvalue weighted by Crippen LogP contribution is -2.43. The summed E-state index contributed by atoms with van der Waals surface area (Å²) < 4.78 is 62.7. The summed E-state index contributed by atoms with van der Waals surface area (Å²) >= 11 is 0. The van der Waals surface area contributed by atoms with Gasteiger partial charge < -0.3 is 5.73 Å². The fourth-order valence-electron chi connectivity index (χ4n) is 2.14. The van der Waals surface area contributed by atoms with E-state index in [1.807, 2.05) is 0 Å². The second-order valence-electron chi connectivity index (χ2n) is 4.76. The normalized spacial score (nSPS) is 22.6. The van der Waals surface area contributed by atoms with Crippen LogP contribution in [-0.2, 0) is 19.9 Å². The predicted molar refractivity (Wildman–Crippen MR) is 72.8 cm³/mol. The molecule has 1 atom stereocenters. The molecule has 3 N–H and O–H groups in total. The molecule has 6 nitrogen and oxygen atoms in total. The van der Waals surface area contributed by atoms with E-state index < -0.39 is 31.7 Å². The SMILES string of the molecule is Nc1ccc(F)cc1S(=O)(=O)NC1CCCS(=O)(=O)C1. The van der Waals surface area contributed by atoms with Gasteiger partial charge in [0, 0.05) is 6.04 Å².